The normalized spacial score (nSPS) is 19.6. The van der Waals surface area contributed by atoms with Gasteiger partial charge in [0.2, 0.25) is 5.91 Å². The van der Waals surface area contributed by atoms with E-state index in [2.05, 4.69) is 0 Å². The minimum absolute atomic E-state index is 0.292. The fourth-order valence-electron chi connectivity index (χ4n) is 3.16. The molecule has 1 saturated carbocycles. The Kier molecular flexibility index (Phi) is 3.89. The van der Waals surface area contributed by atoms with Gasteiger partial charge in [0.15, 0.2) is 0 Å². The van der Waals surface area contributed by atoms with Gasteiger partial charge in [0.05, 0.1) is 0 Å². The Labute approximate surface area is 129 Å². The molecule has 2 fully saturated rings. The Morgan fingerprint density at radius 2 is 1.95 bits per heavy atom. The smallest absolute Gasteiger partial charge is 0.225 e. The summed E-state index contributed by atoms with van der Waals surface area (Å²) in [4.78, 5) is 14.1. The highest BCUT2D eigenvalue weighted by molar-refractivity contribution is 6.31. The van der Waals surface area contributed by atoms with Gasteiger partial charge in [0.1, 0.15) is 0 Å². The number of halogens is 1. The topological polar surface area (TPSA) is 70.2 Å². The van der Waals surface area contributed by atoms with Gasteiger partial charge in [0.25, 0.3) is 0 Å². The number of likely N-dealkylation sites (tertiary alicyclic amines) is 1. The Morgan fingerprint density at radius 3 is 2.52 bits per heavy atom. The number of hydrogen-bond acceptors (Lipinski definition) is 3. The summed E-state index contributed by atoms with van der Waals surface area (Å²) in [6, 6.07) is 3.61. The summed E-state index contributed by atoms with van der Waals surface area (Å²) in [5.41, 5.74) is 8.34. The number of nitrogens with two attached hydrogens (primary N) is 1. The highest BCUT2D eigenvalue weighted by Crippen LogP contribution is 2.36. The van der Waals surface area contributed by atoms with Crippen molar-refractivity contribution in [2.45, 2.75) is 31.6 Å². The number of rotatable bonds is 3. The minimum atomic E-state index is 0.292. The molecule has 1 aromatic rings. The summed E-state index contributed by atoms with van der Waals surface area (Å²) in [6.07, 6.45) is 5.25. The molecule has 0 radical (unpaired) electrons. The van der Waals surface area contributed by atoms with E-state index in [0.717, 1.165) is 49.9 Å². The van der Waals surface area contributed by atoms with Crippen LogP contribution in [0.3, 0.4) is 0 Å². The number of benzene rings is 1. The maximum absolute atomic E-state index is 12.1. The van der Waals surface area contributed by atoms with Gasteiger partial charge in [-0.05, 0) is 49.3 Å². The number of nitrogens with zero attached hydrogens (tertiary/aromatic N) is 1. The van der Waals surface area contributed by atoms with Crippen LogP contribution >= 0.6 is 11.6 Å². The molecule has 0 unspecified atom stereocenters. The number of carbonyl (C=O) groups is 1. The fraction of sp³-hybridized carbons (Fsp3) is 0.500. The maximum Gasteiger partial charge on any atom is 0.225 e. The van der Waals surface area contributed by atoms with Gasteiger partial charge in [0, 0.05) is 41.5 Å². The van der Waals surface area contributed by atoms with Crippen molar-refractivity contribution in [1.82, 2.24) is 4.90 Å². The molecule has 0 aromatic heterocycles. The van der Waals surface area contributed by atoms with Gasteiger partial charge in [-0.1, -0.05) is 11.6 Å². The number of nitrogen functional groups attached to an aromatic ring is 1. The summed E-state index contributed by atoms with van der Waals surface area (Å²) in [7, 11) is 0. The molecule has 3 N–H and O–H groups in total. The third-order valence-electron chi connectivity index (χ3n) is 4.53. The molecule has 0 atom stereocenters. The molecule has 1 aliphatic heterocycles. The van der Waals surface area contributed by atoms with Crippen LogP contribution < -0.4 is 5.73 Å². The van der Waals surface area contributed by atoms with Crippen LogP contribution in [0.1, 0.15) is 42.7 Å². The first-order chi connectivity index (χ1) is 10.1. The number of carbonyl (C=O) groups excluding carboxylic acids is 1. The molecule has 1 heterocycles. The Balaban J connectivity index is 1.74. The van der Waals surface area contributed by atoms with Gasteiger partial charge >= 0.3 is 0 Å². The van der Waals surface area contributed by atoms with E-state index in [4.69, 9.17) is 22.7 Å². The second kappa shape index (κ2) is 5.68. The molecule has 1 saturated heterocycles. The molecule has 0 bridgehead atoms. The molecule has 2 aliphatic rings. The van der Waals surface area contributed by atoms with Crippen LogP contribution in [0.15, 0.2) is 12.1 Å². The number of hydrogen-bond donors (Lipinski definition) is 2. The second-order valence-electron chi connectivity index (χ2n) is 6.02. The molecular weight excluding hydrogens is 286 g/mol. The van der Waals surface area contributed by atoms with Crippen molar-refractivity contribution < 1.29 is 4.79 Å². The van der Waals surface area contributed by atoms with E-state index in [1.54, 1.807) is 6.07 Å². The number of amides is 1. The molecule has 1 aromatic carbocycles. The third-order valence-corrected chi connectivity index (χ3v) is 4.74. The van der Waals surface area contributed by atoms with Gasteiger partial charge < -0.3 is 16.0 Å². The summed E-state index contributed by atoms with van der Waals surface area (Å²) in [6.45, 7) is 1.59. The predicted octanol–water partition coefficient (Wildman–Crippen LogP) is 3.04. The highest BCUT2D eigenvalue weighted by atomic mass is 35.5. The fourth-order valence-corrected chi connectivity index (χ4v) is 3.40. The lowest BCUT2D eigenvalue weighted by molar-refractivity contribution is -0.133. The summed E-state index contributed by atoms with van der Waals surface area (Å²) in [5.74, 6) is 0.942. The highest BCUT2D eigenvalue weighted by Gasteiger charge is 2.35. The lowest BCUT2D eigenvalue weighted by Gasteiger charge is -2.33. The van der Waals surface area contributed by atoms with Crippen molar-refractivity contribution in [3.05, 3.63) is 28.3 Å². The zero-order valence-electron chi connectivity index (χ0n) is 11.9. The number of nitrogens with one attached hydrogen (secondary N) is 1. The van der Waals surface area contributed by atoms with Crippen LogP contribution in [-0.2, 0) is 4.79 Å². The summed E-state index contributed by atoms with van der Waals surface area (Å²) < 4.78 is 0. The molecule has 1 amide bonds. The molecule has 21 heavy (non-hydrogen) atoms. The van der Waals surface area contributed by atoms with Crippen molar-refractivity contribution >= 4 is 29.4 Å². The molecular formula is C16H20ClN3O. The monoisotopic (exact) mass is 305 g/mol. The van der Waals surface area contributed by atoms with E-state index in [1.807, 2.05) is 11.0 Å². The average molecular weight is 306 g/mol. The molecule has 5 heteroatoms. The zero-order valence-corrected chi connectivity index (χ0v) is 12.7. The van der Waals surface area contributed by atoms with E-state index in [-0.39, 0.29) is 0 Å². The van der Waals surface area contributed by atoms with E-state index in [9.17, 15) is 4.79 Å². The number of piperidine rings is 1. The van der Waals surface area contributed by atoms with Crippen LogP contribution in [0, 0.1) is 11.3 Å². The van der Waals surface area contributed by atoms with Crippen LogP contribution in [0.25, 0.3) is 0 Å². The summed E-state index contributed by atoms with van der Waals surface area (Å²) >= 11 is 6.11. The van der Waals surface area contributed by atoms with E-state index < -0.39 is 0 Å². The first kappa shape index (κ1) is 14.4. The van der Waals surface area contributed by atoms with Crippen molar-refractivity contribution in [2.75, 3.05) is 18.8 Å². The van der Waals surface area contributed by atoms with Crippen LogP contribution in [0.2, 0.25) is 5.02 Å². The quantitative estimate of drug-likeness (QED) is 0.665. The second-order valence-corrected chi connectivity index (χ2v) is 6.45. The Bertz CT molecular complexity index is 575. The van der Waals surface area contributed by atoms with Crippen molar-refractivity contribution in [3.8, 4) is 0 Å². The largest absolute Gasteiger partial charge is 0.398 e. The summed E-state index contributed by atoms with van der Waals surface area (Å²) in [5, 5.41) is 8.19. The van der Waals surface area contributed by atoms with Gasteiger partial charge in [-0.2, -0.15) is 0 Å². The maximum atomic E-state index is 12.1. The van der Waals surface area contributed by atoms with Crippen LogP contribution in [0.4, 0.5) is 5.69 Å². The zero-order chi connectivity index (χ0) is 15.0. The standard InChI is InChI=1S/C16H20ClN3O/c17-12-7-13(14(9-18)15(19)8-12)10-3-5-20(6-4-10)16(21)11-1-2-11/h7-11,18H,1-6,19H2. The predicted molar refractivity (Wildman–Crippen MR) is 85.0 cm³/mol. The Hall–Kier alpha value is -1.55. The minimum Gasteiger partial charge on any atom is -0.398 e. The lowest BCUT2D eigenvalue weighted by atomic mass is 9.86. The third kappa shape index (κ3) is 2.91. The average Bonchev–Trinajstić information content (AvgIpc) is 3.30. The van der Waals surface area contributed by atoms with Crippen LogP contribution in [0.5, 0.6) is 0 Å². The van der Waals surface area contributed by atoms with E-state index in [0.29, 0.717) is 28.5 Å². The lowest BCUT2D eigenvalue weighted by Crippen LogP contribution is -2.38. The van der Waals surface area contributed by atoms with Crippen molar-refractivity contribution in [1.29, 1.82) is 5.41 Å². The first-order valence-electron chi connectivity index (χ1n) is 7.48. The van der Waals surface area contributed by atoms with Gasteiger partial charge in [-0.25, -0.2) is 0 Å². The first-order valence-corrected chi connectivity index (χ1v) is 7.86. The van der Waals surface area contributed by atoms with Gasteiger partial charge in [-0.3, -0.25) is 4.79 Å². The van der Waals surface area contributed by atoms with Crippen molar-refractivity contribution in [2.24, 2.45) is 5.92 Å². The van der Waals surface area contributed by atoms with Crippen LogP contribution in [-0.4, -0.2) is 30.1 Å². The molecule has 3 rings (SSSR count). The molecule has 4 nitrogen and oxygen atoms in total. The molecule has 0 spiro atoms. The SMILES string of the molecule is N=Cc1c(N)cc(Cl)cc1C1CCN(C(=O)C2CC2)CC1. The van der Waals surface area contributed by atoms with E-state index in [1.165, 1.54) is 6.21 Å². The Morgan fingerprint density at radius 1 is 1.29 bits per heavy atom. The molecule has 1 aliphatic carbocycles. The van der Waals surface area contributed by atoms with E-state index >= 15 is 0 Å². The van der Waals surface area contributed by atoms with Crippen molar-refractivity contribution in [3.63, 3.8) is 0 Å². The van der Waals surface area contributed by atoms with Gasteiger partial charge in [-0.15, -0.1) is 0 Å². The molecule has 112 valence electrons. The number of anilines is 1.